The zero-order valence-corrected chi connectivity index (χ0v) is 25.0. The van der Waals surface area contributed by atoms with Crippen LogP contribution >= 0.6 is 11.3 Å². The van der Waals surface area contributed by atoms with Crippen LogP contribution in [-0.4, -0.2) is 46.8 Å². The van der Waals surface area contributed by atoms with Crippen LogP contribution in [0.5, 0.6) is 5.75 Å². The first-order chi connectivity index (χ1) is 20.8. The third-order valence-corrected chi connectivity index (χ3v) is 9.35. The number of halogens is 4. The van der Waals surface area contributed by atoms with Gasteiger partial charge in [-0.3, -0.25) is 4.79 Å². The molecule has 0 radical (unpaired) electrons. The molecule has 5 rings (SSSR count). The first-order valence-electron chi connectivity index (χ1n) is 14.6. The van der Waals surface area contributed by atoms with Gasteiger partial charge in [-0.1, -0.05) is 43.7 Å². The first-order valence-corrected chi connectivity index (χ1v) is 15.4. The van der Waals surface area contributed by atoms with Crippen molar-refractivity contribution in [2.24, 2.45) is 23.5 Å². The number of anilines is 1. The van der Waals surface area contributed by atoms with Gasteiger partial charge in [0, 0.05) is 35.7 Å². The van der Waals surface area contributed by atoms with Gasteiger partial charge >= 0.3 is 12.3 Å². The number of benzene rings is 2. The number of carboxylic acid groups (broad SMARTS) is 1. The molecule has 0 amide bonds. The van der Waals surface area contributed by atoms with E-state index in [1.54, 1.807) is 6.07 Å². The highest BCUT2D eigenvalue weighted by Crippen LogP contribution is 2.38. The van der Waals surface area contributed by atoms with Crippen LogP contribution in [0.4, 0.5) is 22.7 Å². The molecule has 5 N–H and O–H groups in total. The maximum atomic E-state index is 14.5. The van der Waals surface area contributed by atoms with Crippen LogP contribution in [0.25, 0.3) is 15.9 Å². The van der Waals surface area contributed by atoms with E-state index in [2.05, 4.69) is 34.2 Å². The van der Waals surface area contributed by atoms with Crippen molar-refractivity contribution in [1.29, 1.82) is 0 Å². The number of nitrogens with two attached hydrogens (primary N) is 1. The maximum absolute atomic E-state index is 14.5. The number of aromatic carboxylic acids is 1. The molecule has 2 saturated carbocycles. The van der Waals surface area contributed by atoms with Crippen LogP contribution in [0, 0.1) is 23.6 Å². The maximum Gasteiger partial charge on any atom is 0.573 e. The molecule has 44 heavy (non-hydrogen) atoms. The summed E-state index contributed by atoms with van der Waals surface area (Å²) < 4.78 is 58.4. The van der Waals surface area contributed by atoms with Crippen LogP contribution in [0.3, 0.4) is 0 Å². The van der Waals surface area contributed by atoms with Gasteiger partial charge in [0.2, 0.25) is 0 Å². The van der Waals surface area contributed by atoms with Crippen LogP contribution in [0.2, 0.25) is 0 Å². The van der Waals surface area contributed by atoms with Crippen molar-refractivity contribution in [1.82, 2.24) is 10.3 Å². The molecule has 0 saturated heterocycles. The largest absolute Gasteiger partial charge is 0.573 e. The lowest BCUT2D eigenvalue weighted by Crippen LogP contribution is -2.48. The molecular weight excluding hydrogens is 600 g/mol. The summed E-state index contributed by atoms with van der Waals surface area (Å²) in [6.07, 6.45) is -1.16. The summed E-state index contributed by atoms with van der Waals surface area (Å²) in [5.74, 6) is -2.38. The molecule has 1 heterocycles. The van der Waals surface area contributed by atoms with E-state index in [4.69, 9.17) is 5.73 Å². The highest BCUT2D eigenvalue weighted by atomic mass is 32.1. The number of para-hydroxylation sites is 1. The number of carboxylic acids is 1. The fourth-order valence-electron chi connectivity index (χ4n) is 6.05. The van der Waals surface area contributed by atoms with E-state index in [9.17, 15) is 32.3 Å². The number of carbonyl (C=O) groups excluding carboxylic acids is 1. The van der Waals surface area contributed by atoms with E-state index >= 15 is 0 Å². The summed E-state index contributed by atoms with van der Waals surface area (Å²) in [5, 5.41) is 16.7. The second kappa shape index (κ2) is 12.7. The Hall–Kier alpha value is -3.71. The molecule has 2 aromatic carbocycles. The zero-order valence-electron chi connectivity index (χ0n) is 24.2. The molecule has 13 heteroatoms. The van der Waals surface area contributed by atoms with Gasteiger partial charge in [0.15, 0.2) is 16.7 Å². The Morgan fingerprint density at radius 1 is 1.18 bits per heavy atom. The van der Waals surface area contributed by atoms with Crippen LogP contribution < -0.4 is 21.1 Å². The minimum atomic E-state index is -4.91. The molecule has 8 nitrogen and oxygen atoms in total. The van der Waals surface area contributed by atoms with Gasteiger partial charge in [-0.25, -0.2) is 14.2 Å². The van der Waals surface area contributed by atoms with E-state index < -0.39 is 23.9 Å². The topological polar surface area (TPSA) is 127 Å². The van der Waals surface area contributed by atoms with Crippen molar-refractivity contribution in [3.05, 3.63) is 58.9 Å². The van der Waals surface area contributed by atoms with Crippen molar-refractivity contribution in [3.8, 4) is 5.75 Å². The number of nitrogens with one attached hydrogen (secondary N) is 2. The number of ketones is 1. The molecule has 3 aromatic rings. The highest BCUT2D eigenvalue weighted by molar-refractivity contribution is 7.22. The number of ether oxygens (including phenoxy) is 1. The number of thiazole rings is 1. The van der Waals surface area contributed by atoms with Crippen LogP contribution in [0.15, 0.2) is 42.0 Å². The Bertz CT molecular complexity index is 1590. The smallest absolute Gasteiger partial charge is 0.478 e. The molecule has 2 fully saturated rings. The quantitative estimate of drug-likeness (QED) is 0.138. The summed E-state index contributed by atoms with van der Waals surface area (Å²) in [4.78, 5) is 29.0. The molecule has 0 aliphatic heterocycles. The van der Waals surface area contributed by atoms with Gasteiger partial charge in [0.1, 0.15) is 11.3 Å². The normalized spacial score (nSPS) is 22.9. The van der Waals surface area contributed by atoms with Crippen molar-refractivity contribution >= 4 is 44.1 Å². The van der Waals surface area contributed by atoms with Gasteiger partial charge in [-0.05, 0) is 61.8 Å². The van der Waals surface area contributed by atoms with Crippen LogP contribution in [0.1, 0.15) is 61.9 Å². The van der Waals surface area contributed by atoms with Crippen molar-refractivity contribution < 1.29 is 37.0 Å². The van der Waals surface area contributed by atoms with E-state index in [1.807, 2.05) is 0 Å². The monoisotopic (exact) mass is 634 g/mol. The highest BCUT2D eigenvalue weighted by Gasteiger charge is 2.38. The molecule has 4 unspecified atom stereocenters. The summed E-state index contributed by atoms with van der Waals surface area (Å²) >= 11 is 1.20. The lowest BCUT2D eigenvalue weighted by atomic mass is 9.74. The predicted molar refractivity (Wildman–Crippen MR) is 160 cm³/mol. The standard InChI is InChI=1S/C31H34F4N4O4S/c1-3-16-11-19(10-15(2)26(16)38-30-39-27-22(32)12-18(29(41)42)13-24(27)44-30)37-14-21(28(40)17-8-9-17)25(36)20-6-4-5-7-23(20)43-31(33,34)35/h4-7,12-13,15-17,19,26,37H,3,8-11,14,36H2,1-2H3,(H,38,39)(H,41,42). The third kappa shape index (κ3) is 7.15. The average Bonchev–Trinajstić information content (AvgIpc) is 3.73. The van der Waals surface area contributed by atoms with Gasteiger partial charge in [-0.15, -0.1) is 13.2 Å². The number of hydrogen-bond acceptors (Lipinski definition) is 8. The van der Waals surface area contributed by atoms with Gasteiger partial charge in [0.25, 0.3) is 0 Å². The minimum Gasteiger partial charge on any atom is -0.478 e. The summed E-state index contributed by atoms with van der Waals surface area (Å²) in [7, 11) is 0. The molecule has 0 spiro atoms. The third-order valence-electron chi connectivity index (χ3n) is 8.42. The van der Waals surface area contributed by atoms with Gasteiger partial charge < -0.3 is 26.2 Å². The molecule has 4 atom stereocenters. The molecule has 2 aliphatic carbocycles. The second-order valence-corrected chi connectivity index (χ2v) is 12.6. The van der Waals surface area contributed by atoms with Gasteiger partial charge in [-0.2, -0.15) is 0 Å². The SMILES string of the molecule is CCC1CC(NCC(C(=O)C2CC2)=C(N)c2ccccc2OC(F)(F)F)CC(C)C1Nc1nc2c(F)cc(C(=O)O)cc2s1. The number of alkyl halides is 3. The van der Waals surface area contributed by atoms with E-state index in [0.29, 0.717) is 9.83 Å². The Morgan fingerprint density at radius 2 is 1.91 bits per heavy atom. The summed E-state index contributed by atoms with van der Waals surface area (Å²) in [5.41, 5.74) is 6.63. The molecule has 2 aliphatic rings. The number of carbonyl (C=O) groups is 2. The van der Waals surface area contributed by atoms with Crippen molar-refractivity contribution in [2.45, 2.75) is 64.4 Å². The summed E-state index contributed by atoms with van der Waals surface area (Å²) in [6, 6.07) is 7.95. The molecule has 0 bridgehead atoms. The molecule has 236 valence electrons. The Labute approximate surface area is 255 Å². The molecule has 1 aromatic heterocycles. The molecular formula is C31H34F4N4O4S. The fourth-order valence-corrected chi connectivity index (χ4v) is 7.02. The number of rotatable bonds is 11. The Kier molecular flexibility index (Phi) is 9.17. The van der Waals surface area contributed by atoms with E-state index in [1.165, 1.54) is 35.6 Å². The predicted octanol–water partition coefficient (Wildman–Crippen LogP) is 6.58. The number of aromatic nitrogens is 1. The Balaban J connectivity index is 1.32. The number of Topliss-reactive ketones (excluding diaryl/α,β-unsaturated/α-hetero) is 1. The average molecular weight is 635 g/mol. The van der Waals surface area contributed by atoms with Crippen molar-refractivity contribution in [2.75, 3.05) is 11.9 Å². The minimum absolute atomic E-state index is 0.00964. The van der Waals surface area contributed by atoms with E-state index in [0.717, 1.165) is 38.2 Å². The lowest BCUT2D eigenvalue weighted by Gasteiger charge is -2.41. The number of nitrogens with zero attached hydrogens (tertiary/aromatic N) is 1. The lowest BCUT2D eigenvalue weighted by molar-refractivity contribution is -0.274. The van der Waals surface area contributed by atoms with Crippen molar-refractivity contribution in [3.63, 3.8) is 0 Å². The van der Waals surface area contributed by atoms with E-state index in [-0.39, 0.29) is 70.1 Å². The Morgan fingerprint density at radius 3 is 2.57 bits per heavy atom. The van der Waals surface area contributed by atoms with Gasteiger partial charge in [0.05, 0.1) is 16.0 Å². The number of fused-ring (bicyclic) bond motifs is 1. The number of hydrogen-bond donors (Lipinski definition) is 4. The summed E-state index contributed by atoms with van der Waals surface area (Å²) in [6.45, 7) is 4.27. The second-order valence-electron chi connectivity index (χ2n) is 11.6. The van der Waals surface area contributed by atoms with Crippen LogP contribution in [-0.2, 0) is 4.79 Å². The fraction of sp³-hybridized carbons (Fsp3) is 0.452. The zero-order chi connectivity index (χ0) is 31.8. The first kappa shape index (κ1) is 31.7.